The van der Waals surface area contributed by atoms with Gasteiger partial charge in [-0.25, -0.2) is 0 Å². The molecular weight excluding hydrogens is 234 g/mol. The molecule has 0 unspecified atom stereocenters. The van der Waals surface area contributed by atoms with E-state index in [0.717, 1.165) is 25.2 Å². The van der Waals surface area contributed by atoms with E-state index in [0.29, 0.717) is 19.0 Å². The summed E-state index contributed by atoms with van der Waals surface area (Å²) in [6.07, 6.45) is 1.80. The van der Waals surface area contributed by atoms with Gasteiger partial charge in [0.2, 0.25) is 5.89 Å². The van der Waals surface area contributed by atoms with Crippen molar-refractivity contribution < 1.29 is 14.4 Å². The quantitative estimate of drug-likeness (QED) is 0.848. The molecule has 1 aromatic rings. The molecule has 2 atom stereocenters. The van der Waals surface area contributed by atoms with Crippen molar-refractivity contribution in [3.8, 4) is 0 Å². The van der Waals surface area contributed by atoms with Crippen molar-refractivity contribution in [2.45, 2.75) is 33.2 Å². The molecule has 1 saturated heterocycles. The van der Waals surface area contributed by atoms with Gasteiger partial charge in [-0.2, -0.15) is 4.98 Å². The van der Waals surface area contributed by atoms with Crippen LogP contribution in [0.4, 0.5) is 0 Å². The highest BCUT2D eigenvalue weighted by atomic mass is 16.5. The Hall–Kier alpha value is -1.43. The summed E-state index contributed by atoms with van der Waals surface area (Å²) in [6.45, 7) is 5.90. The van der Waals surface area contributed by atoms with Crippen LogP contribution in [0.2, 0.25) is 0 Å². The largest absolute Gasteiger partial charge is 0.481 e. The summed E-state index contributed by atoms with van der Waals surface area (Å²) < 4.78 is 5.16. The van der Waals surface area contributed by atoms with Gasteiger partial charge >= 0.3 is 5.97 Å². The molecular formula is C12H19N3O3. The topological polar surface area (TPSA) is 79.5 Å². The van der Waals surface area contributed by atoms with E-state index in [-0.39, 0.29) is 11.8 Å². The van der Waals surface area contributed by atoms with Crippen molar-refractivity contribution in [1.29, 1.82) is 0 Å². The fraction of sp³-hybridized carbons (Fsp3) is 0.750. The van der Waals surface area contributed by atoms with E-state index in [4.69, 9.17) is 9.63 Å². The average molecular weight is 253 g/mol. The fourth-order valence-electron chi connectivity index (χ4n) is 2.39. The smallest absolute Gasteiger partial charge is 0.308 e. The monoisotopic (exact) mass is 253 g/mol. The summed E-state index contributed by atoms with van der Waals surface area (Å²) in [6, 6.07) is 0. The molecule has 1 aromatic heterocycles. The maximum absolute atomic E-state index is 11.0. The zero-order chi connectivity index (χ0) is 13.1. The predicted molar refractivity (Wildman–Crippen MR) is 63.9 cm³/mol. The molecule has 2 heterocycles. The lowest BCUT2D eigenvalue weighted by atomic mass is 9.99. The summed E-state index contributed by atoms with van der Waals surface area (Å²) >= 11 is 0. The standard InChI is InChI=1S/C12H19N3O3/c1-3-4-10-13-11(18-14-10)7-15-5-8(2)9(6-15)12(16)17/h8-9H,3-7H2,1-2H3,(H,16,17)/t8-,9-/m1/s1. The van der Waals surface area contributed by atoms with E-state index in [9.17, 15) is 4.79 Å². The second-order valence-corrected chi connectivity index (χ2v) is 4.97. The molecule has 1 aliphatic rings. The number of carboxylic acids is 1. The number of nitrogens with zero attached hydrogens (tertiary/aromatic N) is 3. The summed E-state index contributed by atoms with van der Waals surface area (Å²) in [4.78, 5) is 17.4. The Morgan fingerprint density at radius 1 is 1.56 bits per heavy atom. The van der Waals surface area contributed by atoms with Gasteiger partial charge in [0.25, 0.3) is 0 Å². The Labute approximate surface area is 106 Å². The highest BCUT2D eigenvalue weighted by Gasteiger charge is 2.35. The molecule has 0 saturated carbocycles. The minimum atomic E-state index is -0.720. The van der Waals surface area contributed by atoms with Crippen LogP contribution in [0.15, 0.2) is 4.52 Å². The van der Waals surface area contributed by atoms with Crippen LogP contribution in [-0.2, 0) is 17.8 Å². The molecule has 18 heavy (non-hydrogen) atoms. The molecule has 1 fully saturated rings. The fourth-order valence-corrected chi connectivity index (χ4v) is 2.39. The van der Waals surface area contributed by atoms with Gasteiger partial charge in [-0.05, 0) is 12.3 Å². The van der Waals surface area contributed by atoms with Crippen LogP contribution in [0.1, 0.15) is 32.0 Å². The van der Waals surface area contributed by atoms with Crippen molar-refractivity contribution in [2.75, 3.05) is 13.1 Å². The minimum absolute atomic E-state index is 0.167. The van der Waals surface area contributed by atoms with Crippen LogP contribution in [0, 0.1) is 11.8 Å². The van der Waals surface area contributed by atoms with Gasteiger partial charge in [0.1, 0.15) is 0 Å². The Kier molecular flexibility index (Phi) is 3.96. The highest BCUT2D eigenvalue weighted by molar-refractivity contribution is 5.71. The molecule has 0 aliphatic carbocycles. The van der Waals surface area contributed by atoms with Crippen molar-refractivity contribution in [3.63, 3.8) is 0 Å². The molecule has 100 valence electrons. The van der Waals surface area contributed by atoms with Gasteiger partial charge in [0, 0.05) is 19.5 Å². The molecule has 1 N–H and O–H groups in total. The van der Waals surface area contributed by atoms with Gasteiger partial charge in [0.15, 0.2) is 5.82 Å². The van der Waals surface area contributed by atoms with Gasteiger partial charge in [-0.3, -0.25) is 9.69 Å². The molecule has 6 heteroatoms. The Bertz CT molecular complexity index is 418. The first-order chi connectivity index (χ1) is 8.60. The van der Waals surface area contributed by atoms with E-state index < -0.39 is 5.97 Å². The van der Waals surface area contributed by atoms with E-state index in [2.05, 4.69) is 22.0 Å². The van der Waals surface area contributed by atoms with Gasteiger partial charge < -0.3 is 9.63 Å². The van der Waals surface area contributed by atoms with Crippen molar-refractivity contribution in [3.05, 3.63) is 11.7 Å². The number of carbonyl (C=O) groups is 1. The first-order valence-electron chi connectivity index (χ1n) is 6.36. The maximum Gasteiger partial charge on any atom is 0.308 e. The first kappa shape index (κ1) is 13.0. The van der Waals surface area contributed by atoms with Crippen LogP contribution >= 0.6 is 0 Å². The maximum atomic E-state index is 11.0. The minimum Gasteiger partial charge on any atom is -0.481 e. The highest BCUT2D eigenvalue weighted by Crippen LogP contribution is 2.24. The van der Waals surface area contributed by atoms with Gasteiger partial charge in [-0.1, -0.05) is 19.0 Å². The lowest BCUT2D eigenvalue weighted by Gasteiger charge is -2.11. The summed E-state index contributed by atoms with van der Waals surface area (Å²) in [5.41, 5.74) is 0. The number of aryl methyl sites for hydroxylation is 1. The van der Waals surface area contributed by atoms with E-state index >= 15 is 0 Å². The molecule has 0 radical (unpaired) electrons. The third-order valence-electron chi connectivity index (χ3n) is 3.35. The zero-order valence-electron chi connectivity index (χ0n) is 10.8. The third kappa shape index (κ3) is 2.87. The van der Waals surface area contributed by atoms with Crippen molar-refractivity contribution in [2.24, 2.45) is 11.8 Å². The number of hydrogen-bond acceptors (Lipinski definition) is 5. The summed E-state index contributed by atoms with van der Waals surface area (Å²) in [5, 5.41) is 13.0. The number of likely N-dealkylation sites (tertiary alicyclic amines) is 1. The van der Waals surface area contributed by atoms with Crippen LogP contribution in [0.5, 0.6) is 0 Å². The number of aliphatic carboxylic acids is 1. The predicted octanol–water partition coefficient (Wildman–Crippen LogP) is 1.17. The lowest BCUT2D eigenvalue weighted by molar-refractivity contribution is -0.142. The van der Waals surface area contributed by atoms with E-state index in [1.165, 1.54) is 0 Å². The number of rotatable bonds is 5. The average Bonchev–Trinajstić information content (AvgIpc) is 2.87. The first-order valence-corrected chi connectivity index (χ1v) is 6.36. The summed E-state index contributed by atoms with van der Waals surface area (Å²) in [5.74, 6) is 0.469. The van der Waals surface area contributed by atoms with Gasteiger partial charge in [-0.15, -0.1) is 0 Å². The second kappa shape index (κ2) is 5.48. The van der Waals surface area contributed by atoms with Crippen LogP contribution < -0.4 is 0 Å². The van der Waals surface area contributed by atoms with Crippen molar-refractivity contribution in [1.82, 2.24) is 15.0 Å². The Morgan fingerprint density at radius 3 is 2.94 bits per heavy atom. The summed E-state index contributed by atoms with van der Waals surface area (Å²) in [7, 11) is 0. The molecule has 0 spiro atoms. The van der Waals surface area contributed by atoms with E-state index in [1.807, 2.05) is 6.92 Å². The Morgan fingerprint density at radius 2 is 2.33 bits per heavy atom. The molecule has 0 amide bonds. The zero-order valence-corrected chi connectivity index (χ0v) is 10.8. The number of hydrogen-bond donors (Lipinski definition) is 1. The second-order valence-electron chi connectivity index (χ2n) is 4.97. The molecule has 0 bridgehead atoms. The number of aromatic nitrogens is 2. The molecule has 6 nitrogen and oxygen atoms in total. The third-order valence-corrected chi connectivity index (χ3v) is 3.35. The van der Waals surface area contributed by atoms with Crippen LogP contribution in [0.3, 0.4) is 0 Å². The van der Waals surface area contributed by atoms with E-state index in [1.54, 1.807) is 0 Å². The van der Waals surface area contributed by atoms with Crippen LogP contribution in [-0.4, -0.2) is 39.2 Å². The number of carboxylic acid groups (broad SMARTS) is 1. The molecule has 2 rings (SSSR count). The SMILES string of the molecule is CCCc1noc(CN2C[C@@H](C)[C@H](C(=O)O)C2)n1. The lowest BCUT2D eigenvalue weighted by Crippen LogP contribution is -2.23. The van der Waals surface area contributed by atoms with Crippen molar-refractivity contribution >= 4 is 5.97 Å². The normalized spacial score (nSPS) is 24.6. The van der Waals surface area contributed by atoms with Crippen LogP contribution in [0.25, 0.3) is 0 Å². The Balaban J connectivity index is 1.92. The molecule has 1 aliphatic heterocycles. The molecule has 0 aromatic carbocycles. The van der Waals surface area contributed by atoms with Gasteiger partial charge in [0.05, 0.1) is 12.5 Å².